The molecule has 3 rings (SSSR count). The van der Waals surface area contributed by atoms with Crippen molar-refractivity contribution in [2.75, 3.05) is 0 Å². The summed E-state index contributed by atoms with van der Waals surface area (Å²) in [6, 6.07) is 13.0. The summed E-state index contributed by atoms with van der Waals surface area (Å²) in [4.78, 5) is 29.6. The lowest BCUT2D eigenvalue weighted by molar-refractivity contribution is 0.104. The maximum Gasteiger partial charge on any atom is 0.187 e. The summed E-state index contributed by atoms with van der Waals surface area (Å²) in [7, 11) is 0. The summed E-state index contributed by atoms with van der Waals surface area (Å²) < 4.78 is 26.0. The van der Waals surface area contributed by atoms with E-state index in [0.29, 0.717) is 33.6 Å². The van der Waals surface area contributed by atoms with Crippen molar-refractivity contribution in [3.8, 4) is 0 Å². The SMILES string of the molecule is Cc1nc(C)c(C(=O)/C=C/c2ccc(F)cc2)cc1C(=O)/C=C/c1ccc(F)cc1. The average Bonchev–Trinajstić information content (AvgIpc) is 2.72. The monoisotopic (exact) mass is 403 g/mol. The predicted octanol–water partition coefficient (Wildman–Crippen LogP) is 5.77. The Morgan fingerprint density at radius 1 is 0.700 bits per heavy atom. The van der Waals surface area contributed by atoms with Crippen LogP contribution in [0.2, 0.25) is 0 Å². The molecule has 0 unspecified atom stereocenters. The van der Waals surface area contributed by atoms with E-state index in [1.54, 1.807) is 50.3 Å². The number of hydrogen-bond donors (Lipinski definition) is 0. The molecule has 0 saturated carbocycles. The summed E-state index contributed by atoms with van der Waals surface area (Å²) in [5, 5.41) is 0. The molecule has 0 fully saturated rings. The number of carbonyl (C=O) groups is 2. The summed E-state index contributed by atoms with van der Waals surface area (Å²) in [5.41, 5.74) is 3.03. The normalized spacial score (nSPS) is 11.3. The molecule has 5 heteroatoms. The Hall–Kier alpha value is -3.73. The number of rotatable bonds is 6. The molecule has 150 valence electrons. The number of ketones is 2. The van der Waals surface area contributed by atoms with Crippen LogP contribution in [0.5, 0.6) is 0 Å². The third kappa shape index (κ3) is 5.20. The van der Waals surface area contributed by atoms with Crippen LogP contribution in [-0.4, -0.2) is 16.6 Å². The molecule has 2 aromatic carbocycles. The lowest BCUT2D eigenvalue weighted by Gasteiger charge is -2.07. The Morgan fingerprint density at radius 2 is 1.07 bits per heavy atom. The summed E-state index contributed by atoms with van der Waals surface area (Å²) >= 11 is 0. The minimum Gasteiger partial charge on any atom is -0.289 e. The third-order valence-electron chi connectivity index (χ3n) is 4.53. The standard InChI is InChI=1S/C25H19F2NO2/c1-16-22(24(29)13-7-18-3-9-20(26)10-4-18)15-23(17(2)28-16)25(30)14-8-19-5-11-21(27)12-6-19/h3-15H,1-2H3/b13-7+,14-8+. The fourth-order valence-electron chi connectivity index (χ4n) is 2.90. The zero-order valence-corrected chi connectivity index (χ0v) is 16.5. The Morgan fingerprint density at radius 3 is 1.43 bits per heavy atom. The van der Waals surface area contributed by atoms with Crippen LogP contribution in [0.4, 0.5) is 8.78 Å². The number of benzene rings is 2. The van der Waals surface area contributed by atoms with E-state index in [2.05, 4.69) is 4.98 Å². The van der Waals surface area contributed by atoms with Crippen LogP contribution in [0.15, 0.2) is 66.7 Å². The summed E-state index contributed by atoms with van der Waals surface area (Å²) in [5.74, 6) is -1.32. The third-order valence-corrected chi connectivity index (χ3v) is 4.53. The smallest absolute Gasteiger partial charge is 0.187 e. The molecule has 0 aliphatic carbocycles. The highest BCUT2D eigenvalue weighted by molar-refractivity contribution is 6.12. The molecule has 0 aliphatic heterocycles. The minimum atomic E-state index is -0.353. The van der Waals surface area contributed by atoms with E-state index < -0.39 is 0 Å². The van der Waals surface area contributed by atoms with Gasteiger partial charge < -0.3 is 0 Å². The van der Waals surface area contributed by atoms with E-state index in [-0.39, 0.29) is 23.2 Å². The van der Waals surface area contributed by atoms with E-state index in [1.807, 2.05) is 0 Å². The average molecular weight is 403 g/mol. The largest absolute Gasteiger partial charge is 0.289 e. The van der Waals surface area contributed by atoms with Crippen molar-refractivity contribution in [1.82, 2.24) is 4.98 Å². The van der Waals surface area contributed by atoms with Gasteiger partial charge >= 0.3 is 0 Å². The Kier molecular flexibility index (Phi) is 6.42. The molecule has 0 atom stereocenters. The first-order valence-corrected chi connectivity index (χ1v) is 9.27. The molecule has 3 nitrogen and oxygen atoms in total. The van der Waals surface area contributed by atoms with Crippen molar-refractivity contribution in [1.29, 1.82) is 0 Å². The second-order valence-corrected chi connectivity index (χ2v) is 6.75. The highest BCUT2D eigenvalue weighted by Gasteiger charge is 2.15. The van der Waals surface area contributed by atoms with E-state index in [9.17, 15) is 18.4 Å². The Bertz CT molecular complexity index is 1060. The van der Waals surface area contributed by atoms with Crippen LogP contribution in [0.25, 0.3) is 12.2 Å². The van der Waals surface area contributed by atoms with Gasteiger partial charge in [0.1, 0.15) is 11.6 Å². The summed E-state index contributed by atoms with van der Waals surface area (Å²) in [6.45, 7) is 3.41. The Labute approximate surface area is 173 Å². The van der Waals surface area contributed by atoms with Gasteiger partial charge in [0.25, 0.3) is 0 Å². The lowest BCUT2D eigenvalue weighted by atomic mass is 10.0. The molecule has 3 aromatic rings. The molecule has 0 saturated heterocycles. The van der Waals surface area contributed by atoms with Gasteiger partial charge in [0.05, 0.1) is 0 Å². The number of aromatic nitrogens is 1. The highest BCUT2D eigenvalue weighted by Crippen LogP contribution is 2.17. The molecule has 0 amide bonds. The van der Waals surface area contributed by atoms with Crippen molar-refractivity contribution >= 4 is 23.7 Å². The van der Waals surface area contributed by atoms with Crippen LogP contribution in [0.3, 0.4) is 0 Å². The van der Waals surface area contributed by atoms with Crippen molar-refractivity contribution < 1.29 is 18.4 Å². The molecule has 0 spiro atoms. The number of carbonyl (C=O) groups excluding carboxylic acids is 2. The van der Waals surface area contributed by atoms with Gasteiger partial charge in [-0.05, 0) is 67.5 Å². The number of aryl methyl sites for hydroxylation is 2. The number of pyridine rings is 1. The number of hydrogen-bond acceptors (Lipinski definition) is 3. The number of halogens is 2. The second-order valence-electron chi connectivity index (χ2n) is 6.75. The lowest BCUT2D eigenvalue weighted by Crippen LogP contribution is -2.08. The van der Waals surface area contributed by atoms with Gasteiger partial charge in [0, 0.05) is 22.5 Å². The van der Waals surface area contributed by atoms with Crippen LogP contribution in [0, 0.1) is 25.5 Å². The maximum absolute atomic E-state index is 13.0. The van der Waals surface area contributed by atoms with E-state index in [0.717, 1.165) is 0 Å². The fourth-order valence-corrected chi connectivity index (χ4v) is 2.90. The maximum atomic E-state index is 13.0. The molecule has 0 N–H and O–H groups in total. The molecular weight excluding hydrogens is 384 g/mol. The van der Waals surface area contributed by atoms with Gasteiger partial charge in [0.2, 0.25) is 0 Å². The van der Waals surface area contributed by atoms with Gasteiger partial charge in [-0.15, -0.1) is 0 Å². The van der Waals surface area contributed by atoms with Crippen LogP contribution < -0.4 is 0 Å². The topological polar surface area (TPSA) is 47.0 Å². The van der Waals surface area contributed by atoms with E-state index >= 15 is 0 Å². The van der Waals surface area contributed by atoms with E-state index in [1.165, 1.54) is 42.5 Å². The molecule has 1 heterocycles. The van der Waals surface area contributed by atoms with Crippen LogP contribution >= 0.6 is 0 Å². The van der Waals surface area contributed by atoms with Crippen molar-refractivity contribution in [2.45, 2.75) is 13.8 Å². The Balaban J connectivity index is 1.83. The fraction of sp³-hybridized carbons (Fsp3) is 0.0800. The van der Waals surface area contributed by atoms with Crippen molar-refractivity contribution in [3.05, 3.63) is 112 Å². The van der Waals surface area contributed by atoms with Gasteiger partial charge in [-0.25, -0.2) is 8.78 Å². The van der Waals surface area contributed by atoms with Gasteiger partial charge in [-0.2, -0.15) is 0 Å². The number of allylic oxidation sites excluding steroid dienone is 2. The second kappa shape index (κ2) is 9.18. The molecule has 0 aliphatic rings. The van der Waals surface area contributed by atoms with Gasteiger partial charge in [-0.3, -0.25) is 14.6 Å². The molecule has 0 radical (unpaired) electrons. The van der Waals surface area contributed by atoms with E-state index in [4.69, 9.17) is 0 Å². The highest BCUT2D eigenvalue weighted by atomic mass is 19.1. The minimum absolute atomic E-state index is 0.305. The zero-order chi connectivity index (χ0) is 21.7. The number of nitrogens with zero attached hydrogens (tertiary/aromatic N) is 1. The first-order valence-electron chi connectivity index (χ1n) is 9.27. The zero-order valence-electron chi connectivity index (χ0n) is 16.5. The predicted molar refractivity (Wildman–Crippen MR) is 113 cm³/mol. The first-order chi connectivity index (χ1) is 14.3. The quantitative estimate of drug-likeness (QED) is 0.388. The van der Waals surface area contributed by atoms with Crippen LogP contribution in [-0.2, 0) is 0 Å². The van der Waals surface area contributed by atoms with Gasteiger partial charge in [0.15, 0.2) is 11.6 Å². The van der Waals surface area contributed by atoms with Crippen molar-refractivity contribution in [3.63, 3.8) is 0 Å². The van der Waals surface area contributed by atoms with Crippen molar-refractivity contribution in [2.24, 2.45) is 0 Å². The molecule has 0 bridgehead atoms. The molecule has 1 aromatic heterocycles. The molecule has 30 heavy (non-hydrogen) atoms. The summed E-state index contributed by atoms with van der Waals surface area (Å²) in [6.07, 6.45) is 5.90. The molecular formula is C25H19F2NO2. The van der Waals surface area contributed by atoms with Gasteiger partial charge in [-0.1, -0.05) is 36.4 Å². The van der Waals surface area contributed by atoms with Crippen LogP contribution in [0.1, 0.15) is 43.2 Å². The first kappa shape index (κ1) is 21.0.